The molecule has 0 amide bonds. The van der Waals surface area contributed by atoms with Crippen LogP contribution in [-0.2, 0) is 6.42 Å². The lowest BCUT2D eigenvalue weighted by atomic mass is 9.99. The van der Waals surface area contributed by atoms with Crippen molar-refractivity contribution in [2.24, 2.45) is 5.73 Å². The van der Waals surface area contributed by atoms with Crippen molar-refractivity contribution in [3.8, 4) is 16.9 Å². The fraction of sp³-hybridized carbons (Fsp3) is 0.250. The van der Waals surface area contributed by atoms with E-state index in [1.807, 2.05) is 18.2 Å². The number of methoxy groups -OCH3 is 1. The van der Waals surface area contributed by atoms with Gasteiger partial charge in [-0.3, -0.25) is 0 Å². The summed E-state index contributed by atoms with van der Waals surface area (Å²) < 4.78 is 19.3. The van der Waals surface area contributed by atoms with Crippen LogP contribution in [0.4, 0.5) is 4.39 Å². The second-order valence-corrected chi connectivity index (χ2v) is 4.88. The molecule has 98 valence electrons. The average Bonchev–Trinajstić information content (AvgIpc) is 2.80. The second-order valence-electron chi connectivity index (χ2n) is 4.88. The summed E-state index contributed by atoms with van der Waals surface area (Å²) in [4.78, 5) is 0. The summed E-state index contributed by atoms with van der Waals surface area (Å²) in [6, 6.07) is 11.3. The zero-order valence-corrected chi connectivity index (χ0v) is 10.8. The van der Waals surface area contributed by atoms with Gasteiger partial charge in [-0.25, -0.2) is 4.39 Å². The number of aryl methyl sites for hydroxylation is 1. The van der Waals surface area contributed by atoms with Gasteiger partial charge in [0.2, 0.25) is 0 Å². The van der Waals surface area contributed by atoms with E-state index in [1.165, 1.54) is 18.2 Å². The van der Waals surface area contributed by atoms with Gasteiger partial charge >= 0.3 is 0 Å². The molecule has 0 spiro atoms. The van der Waals surface area contributed by atoms with Gasteiger partial charge in [-0.1, -0.05) is 30.3 Å². The molecule has 1 aliphatic rings. The highest BCUT2D eigenvalue weighted by molar-refractivity contribution is 5.68. The largest absolute Gasteiger partial charge is 0.494 e. The van der Waals surface area contributed by atoms with Gasteiger partial charge in [-0.15, -0.1) is 0 Å². The Labute approximate surface area is 112 Å². The van der Waals surface area contributed by atoms with Crippen LogP contribution in [0.2, 0.25) is 0 Å². The molecule has 2 aromatic rings. The second kappa shape index (κ2) is 4.67. The van der Waals surface area contributed by atoms with Gasteiger partial charge < -0.3 is 10.5 Å². The van der Waals surface area contributed by atoms with Gasteiger partial charge in [0, 0.05) is 11.6 Å². The molecular weight excluding hydrogens is 241 g/mol. The van der Waals surface area contributed by atoms with Gasteiger partial charge in [-0.05, 0) is 35.6 Å². The van der Waals surface area contributed by atoms with Crippen LogP contribution < -0.4 is 10.5 Å². The number of benzene rings is 2. The number of ether oxygens (including phenoxy) is 1. The molecule has 2 N–H and O–H groups in total. The Kier molecular flexibility index (Phi) is 2.99. The summed E-state index contributed by atoms with van der Waals surface area (Å²) in [7, 11) is 1.48. The van der Waals surface area contributed by atoms with Crippen LogP contribution in [0.25, 0.3) is 11.1 Å². The molecule has 0 aromatic heterocycles. The zero-order valence-electron chi connectivity index (χ0n) is 10.8. The Morgan fingerprint density at radius 2 is 2.11 bits per heavy atom. The Bertz CT molecular complexity index is 624. The lowest BCUT2D eigenvalue weighted by molar-refractivity contribution is 0.387. The van der Waals surface area contributed by atoms with Gasteiger partial charge in [0.15, 0.2) is 11.6 Å². The van der Waals surface area contributed by atoms with E-state index in [1.54, 1.807) is 18.2 Å². The standard InChI is InChI=1S/C16H16FNO/c1-19-15-4-2-3-13(16(15)17)11-5-7-12-10(9-11)6-8-14(12)18/h2-5,7,9,14H,6,8,18H2,1H3. The molecule has 0 saturated heterocycles. The van der Waals surface area contributed by atoms with Crippen molar-refractivity contribution in [3.63, 3.8) is 0 Å². The maximum atomic E-state index is 14.2. The molecule has 3 heteroatoms. The van der Waals surface area contributed by atoms with E-state index in [2.05, 4.69) is 0 Å². The highest BCUT2D eigenvalue weighted by Gasteiger charge is 2.20. The maximum Gasteiger partial charge on any atom is 0.172 e. The molecule has 2 aromatic carbocycles. The van der Waals surface area contributed by atoms with E-state index in [4.69, 9.17) is 10.5 Å². The first-order valence-electron chi connectivity index (χ1n) is 6.42. The normalized spacial score (nSPS) is 17.3. The minimum Gasteiger partial charge on any atom is -0.494 e. The molecule has 0 aliphatic heterocycles. The Hall–Kier alpha value is -1.87. The van der Waals surface area contributed by atoms with Gasteiger partial charge in [0.25, 0.3) is 0 Å². The molecule has 0 radical (unpaired) electrons. The monoisotopic (exact) mass is 257 g/mol. The minimum atomic E-state index is -0.313. The predicted molar refractivity (Wildman–Crippen MR) is 73.6 cm³/mol. The number of nitrogens with two attached hydrogens (primary N) is 1. The number of hydrogen-bond donors (Lipinski definition) is 1. The van der Waals surface area contributed by atoms with Crippen molar-refractivity contribution in [2.75, 3.05) is 7.11 Å². The molecule has 0 bridgehead atoms. The Morgan fingerprint density at radius 3 is 2.89 bits per heavy atom. The first-order chi connectivity index (χ1) is 9.20. The quantitative estimate of drug-likeness (QED) is 0.894. The third-order valence-electron chi connectivity index (χ3n) is 3.76. The van der Waals surface area contributed by atoms with Crippen LogP contribution >= 0.6 is 0 Å². The van der Waals surface area contributed by atoms with Crippen molar-refractivity contribution in [3.05, 3.63) is 53.3 Å². The average molecular weight is 257 g/mol. The van der Waals surface area contributed by atoms with E-state index in [0.717, 1.165) is 18.4 Å². The van der Waals surface area contributed by atoms with E-state index in [0.29, 0.717) is 5.56 Å². The Balaban J connectivity index is 2.08. The third-order valence-corrected chi connectivity index (χ3v) is 3.76. The van der Waals surface area contributed by atoms with Crippen LogP contribution in [-0.4, -0.2) is 7.11 Å². The number of rotatable bonds is 2. The van der Waals surface area contributed by atoms with E-state index in [9.17, 15) is 4.39 Å². The van der Waals surface area contributed by atoms with E-state index >= 15 is 0 Å². The van der Waals surface area contributed by atoms with Crippen LogP contribution in [0.5, 0.6) is 5.75 Å². The molecule has 1 unspecified atom stereocenters. The SMILES string of the molecule is COc1cccc(-c2ccc3c(c2)CCC3N)c1F. The van der Waals surface area contributed by atoms with Crippen LogP contribution in [0.1, 0.15) is 23.6 Å². The summed E-state index contributed by atoms with van der Waals surface area (Å²) >= 11 is 0. The number of halogens is 1. The van der Waals surface area contributed by atoms with Crippen LogP contribution in [0.15, 0.2) is 36.4 Å². The van der Waals surface area contributed by atoms with E-state index < -0.39 is 0 Å². The van der Waals surface area contributed by atoms with Crippen molar-refractivity contribution in [1.82, 2.24) is 0 Å². The summed E-state index contributed by atoms with van der Waals surface area (Å²) in [5, 5.41) is 0. The van der Waals surface area contributed by atoms with Gasteiger partial charge in [-0.2, -0.15) is 0 Å². The molecule has 3 rings (SSSR count). The highest BCUT2D eigenvalue weighted by atomic mass is 19.1. The smallest absolute Gasteiger partial charge is 0.172 e. The fourth-order valence-electron chi connectivity index (χ4n) is 2.71. The lowest BCUT2D eigenvalue weighted by Gasteiger charge is -2.10. The number of hydrogen-bond acceptors (Lipinski definition) is 2. The van der Waals surface area contributed by atoms with E-state index in [-0.39, 0.29) is 17.6 Å². The predicted octanol–water partition coefficient (Wildman–Crippen LogP) is 3.45. The van der Waals surface area contributed by atoms with Gasteiger partial charge in [0.05, 0.1) is 7.11 Å². The van der Waals surface area contributed by atoms with Crippen LogP contribution in [0.3, 0.4) is 0 Å². The molecule has 2 nitrogen and oxygen atoms in total. The Morgan fingerprint density at radius 1 is 1.26 bits per heavy atom. The lowest BCUT2D eigenvalue weighted by Crippen LogP contribution is -2.04. The summed E-state index contributed by atoms with van der Waals surface area (Å²) in [6.07, 6.45) is 1.94. The maximum absolute atomic E-state index is 14.2. The van der Waals surface area contributed by atoms with Crippen molar-refractivity contribution in [1.29, 1.82) is 0 Å². The topological polar surface area (TPSA) is 35.2 Å². The zero-order chi connectivity index (χ0) is 13.4. The third kappa shape index (κ3) is 2.00. The first kappa shape index (κ1) is 12.2. The summed E-state index contributed by atoms with van der Waals surface area (Å²) in [6.45, 7) is 0. The van der Waals surface area contributed by atoms with Crippen molar-refractivity contribution >= 4 is 0 Å². The first-order valence-corrected chi connectivity index (χ1v) is 6.42. The molecule has 1 atom stereocenters. The fourth-order valence-corrected chi connectivity index (χ4v) is 2.71. The molecule has 19 heavy (non-hydrogen) atoms. The molecular formula is C16H16FNO. The van der Waals surface area contributed by atoms with Crippen LogP contribution in [0, 0.1) is 5.82 Å². The molecule has 1 aliphatic carbocycles. The molecule has 0 fully saturated rings. The highest BCUT2D eigenvalue weighted by Crippen LogP contribution is 2.35. The van der Waals surface area contributed by atoms with Gasteiger partial charge in [0.1, 0.15) is 0 Å². The minimum absolute atomic E-state index is 0.124. The molecule has 0 saturated carbocycles. The summed E-state index contributed by atoms with van der Waals surface area (Å²) in [5.41, 5.74) is 9.88. The van der Waals surface area contributed by atoms with Crippen molar-refractivity contribution < 1.29 is 9.13 Å². The summed E-state index contributed by atoms with van der Waals surface area (Å²) in [5.74, 6) is -0.0399. The van der Waals surface area contributed by atoms with Crippen molar-refractivity contribution in [2.45, 2.75) is 18.9 Å². The number of fused-ring (bicyclic) bond motifs is 1. The molecule has 0 heterocycles.